The summed E-state index contributed by atoms with van der Waals surface area (Å²) in [6, 6.07) is 0. The summed E-state index contributed by atoms with van der Waals surface area (Å²) in [5, 5.41) is 9.50. The molecular weight excluding hydrogens is 240 g/mol. The van der Waals surface area contributed by atoms with Crippen molar-refractivity contribution in [1.82, 2.24) is 0 Å². The van der Waals surface area contributed by atoms with Crippen LogP contribution in [0.2, 0.25) is 0 Å². The summed E-state index contributed by atoms with van der Waals surface area (Å²) >= 11 is 0. The van der Waals surface area contributed by atoms with Crippen LogP contribution < -0.4 is 0 Å². The van der Waals surface area contributed by atoms with Crippen LogP contribution in [0.25, 0.3) is 0 Å². The van der Waals surface area contributed by atoms with E-state index >= 15 is 0 Å². The van der Waals surface area contributed by atoms with Gasteiger partial charge in [0.05, 0.1) is 18.3 Å². The molecule has 0 aromatic rings. The van der Waals surface area contributed by atoms with Crippen molar-refractivity contribution < 1.29 is 14.6 Å². The minimum atomic E-state index is -0.531. The maximum absolute atomic E-state index is 9.50. The topological polar surface area (TPSA) is 38.7 Å². The lowest BCUT2D eigenvalue weighted by Crippen LogP contribution is -2.28. The second kappa shape index (κ2) is 6.69. The van der Waals surface area contributed by atoms with Crippen LogP contribution in [0.1, 0.15) is 41.0 Å². The molecule has 1 fully saturated rings. The third-order valence-electron chi connectivity index (χ3n) is 3.62. The number of rotatable bonds is 6. The zero-order chi connectivity index (χ0) is 14.6. The van der Waals surface area contributed by atoms with Crippen molar-refractivity contribution in [2.45, 2.75) is 65.1 Å². The van der Waals surface area contributed by atoms with Crippen LogP contribution >= 0.6 is 0 Å². The van der Waals surface area contributed by atoms with E-state index in [4.69, 9.17) is 9.47 Å². The number of aliphatic hydroxyl groups excluding tert-OH is 1. The van der Waals surface area contributed by atoms with E-state index in [0.717, 1.165) is 6.42 Å². The normalized spacial score (nSPS) is 31.3. The van der Waals surface area contributed by atoms with Crippen molar-refractivity contribution in [2.75, 3.05) is 0 Å². The van der Waals surface area contributed by atoms with Gasteiger partial charge in [0.2, 0.25) is 0 Å². The highest BCUT2D eigenvalue weighted by atomic mass is 16.7. The SMILES string of the molecule is C=CC[C@@H]1OC(C)(C)O[C@@H]1[C@H](C)/C=C\[C@@H](C)[C@H](C)O. The Morgan fingerprint density at radius 3 is 2.37 bits per heavy atom. The number of hydrogen-bond acceptors (Lipinski definition) is 3. The number of ether oxygens (including phenoxy) is 2. The van der Waals surface area contributed by atoms with Crippen molar-refractivity contribution in [2.24, 2.45) is 11.8 Å². The molecule has 3 nitrogen and oxygen atoms in total. The summed E-state index contributed by atoms with van der Waals surface area (Å²) in [6.07, 6.45) is 6.58. The van der Waals surface area contributed by atoms with E-state index in [1.165, 1.54) is 0 Å². The number of hydrogen-bond donors (Lipinski definition) is 1. The van der Waals surface area contributed by atoms with Crippen LogP contribution in [0.3, 0.4) is 0 Å². The largest absolute Gasteiger partial charge is 0.393 e. The minimum absolute atomic E-state index is 0.0328. The van der Waals surface area contributed by atoms with E-state index in [9.17, 15) is 5.11 Å². The molecule has 19 heavy (non-hydrogen) atoms. The molecule has 110 valence electrons. The van der Waals surface area contributed by atoms with Gasteiger partial charge in [-0.2, -0.15) is 0 Å². The lowest BCUT2D eigenvalue weighted by Gasteiger charge is -2.21. The van der Waals surface area contributed by atoms with Crippen LogP contribution in [0.5, 0.6) is 0 Å². The Bertz CT molecular complexity index is 320. The number of aliphatic hydroxyl groups is 1. The molecule has 0 spiro atoms. The molecule has 1 aliphatic rings. The summed E-state index contributed by atoms with van der Waals surface area (Å²) in [4.78, 5) is 0. The first kappa shape index (κ1) is 16.4. The van der Waals surface area contributed by atoms with Crippen molar-refractivity contribution >= 4 is 0 Å². The van der Waals surface area contributed by atoms with Gasteiger partial charge in [-0.05, 0) is 33.1 Å². The highest BCUT2D eigenvalue weighted by Gasteiger charge is 2.42. The standard InChI is InChI=1S/C16H28O3/c1-7-8-14-15(19-16(5,6)18-14)12(3)10-9-11(2)13(4)17/h7,9-15,17H,1,8H2,2-6H3/b10-9-/t11-,12-,13+,14+,15-/m1/s1. The van der Waals surface area contributed by atoms with E-state index in [0.29, 0.717) is 0 Å². The van der Waals surface area contributed by atoms with Gasteiger partial charge in [0.1, 0.15) is 0 Å². The van der Waals surface area contributed by atoms with Crippen LogP contribution in [-0.2, 0) is 9.47 Å². The van der Waals surface area contributed by atoms with E-state index in [-0.39, 0.29) is 30.1 Å². The predicted octanol–water partition coefficient (Wildman–Crippen LogP) is 3.29. The molecular formula is C16H28O3. The summed E-state index contributed by atoms with van der Waals surface area (Å²) in [7, 11) is 0. The Labute approximate surface area is 117 Å². The minimum Gasteiger partial charge on any atom is -0.393 e. The van der Waals surface area contributed by atoms with Crippen LogP contribution in [0, 0.1) is 11.8 Å². The first-order chi connectivity index (χ1) is 8.76. The van der Waals surface area contributed by atoms with E-state index < -0.39 is 5.79 Å². The molecule has 0 amide bonds. The smallest absolute Gasteiger partial charge is 0.163 e. The highest BCUT2D eigenvalue weighted by Crippen LogP contribution is 2.34. The van der Waals surface area contributed by atoms with Gasteiger partial charge >= 0.3 is 0 Å². The molecule has 0 aromatic heterocycles. The third-order valence-corrected chi connectivity index (χ3v) is 3.62. The van der Waals surface area contributed by atoms with E-state index in [2.05, 4.69) is 25.7 Å². The van der Waals surface area contributed by atoms with Crippen LogP contribution in [-0.4, -0.2) is 29.2 Å². The first-order valence-corrected chi connectivity index (χ1v) is 7.09. The third kappa shape index (κ3) is 4.75. The monoisotopic (exact) mass is 268 g/mol. The fourth-order valence-electron chi connectivity index (χ4n) is 2.28. The Hall–Kier alpha value is -0.640. The quantitative estimate of drug-likeness (QED) is 0.751. The van der Waals surface area contributed by atoms with Gasteiger partial charge in [0, 0.05) is 5.92 Å². The van der Waals surface area contributed by atoms with E-state index in [1.807, 2.05) is 26.8 Å². The van der Waals surface area contributed by atoms with Gasteiger partial charge in [-0.15, -0.1) is 6.58 Å². The molecule has 1 rings (SSSR count). The zero-order valence-electron chi connectivity index (χ0n) is 12.8. The molecule has 1 aliphatic heterocycles. The van der Waals surface area contributed by atoms with Gasteiger partial charge in [-0.25, -0.2) is 0 Å². The second-order valence-electron chi connectivity index (χ2n) is 6.01. The lowest BCUT2D eigenvalue weighted by molar-refractivity contribution is -0.148. The van der Waals surface area contributed by atoms with Crippen molar-refractivity contribution in [3.8, 4) is 0 Å². The molecule has 1 saturated heterocycles. The lowest BCUT2D eigenvalue weighted by atomic mass is 9.95. The molecule has 0 aromatic carbocycles. The molecule has 0 unspecified atom stereocenters. The average molecular weight is 268 g/mol. The fraction of sp³-hybridized carbons (Fsp3) is 0.750. The Balaban J connectivity index is 2.68. The maximum Gasteiger partial charge on any atom is 0.163 e. The zero-order valence-corrected chi connectivity index (χ0v) is 12.8. The summed E-state index contributed by atoms with van der Waals surface area (Å²) in [5.74, 6) is -0.139. The Morgan fingerprint density at radius 1 is 1.21 bits per heavy atom. The van der Waals surface area contributed by atoms with Crippen molar-refractivity contribution in [3.63, 3.8) is 0 Å². The molecule has 3 heteroatoms. The molecule has 1 N–H and O–H groups in total. The van der Waals surface area contributed by atoms with Gasteiger partial charge in [0.15, 0.2) is 5.79 Å². The summed E-state index contributed by atoms with van der Waals surface area (Å²) in [6.45, 7) is 13.6. The van der Waals surface area contributed by atoms with E-state index in [1.54, 1.807) is 6.92 Å². The molecule has 1 heterocycles. The Morgan fingerprint density at radius 2 is 1.84 bits per heavy atom. The molecule has 5 atom stereocenters. The van der Waals surface area contributed by atoms with Gasteiger partial charge in [0.25, 0.3) is 0 Å². The van der Waals surface area contributed by atoms with Gasteiger partial charge < -0.3 is 14.6 Å². The van der Waals surface area contributed by atoms with Crippen LogP contribution in [0.4, 0.5) is 0 Å². The molecule has 0 radical (unpaired) electrons. The fourth-order valence-corrected chi connectivity index (χ4v) is 2.28. The predicted molar refractivity (Wildman–Crippen MR) is 77.8 cm³/mol. The summed E-state index contributed by atoms with van der Waals surface area (Å²) in [5.41, 5.74) is 0. The van der Waals surface area contributed by atoms with Crippen molar-refractivity contribution in [1.29, 1.82) is 0 Å². The second-order valence-corrected chi connectivity index (χ2v) is 6.01. The van der Waals surface area contributed by atoms with Gasteiger partial charge in [-0.1, -0.05) is 32.1 Å². The molecule has 0 saturated carbocycles. The Kier molecular flexibility index (Phi) is 5.78. The van der Waals surface area contributed by atoms with Gasteiger partial charge in [-0.3, -0.25) is 0 Å². The maximum atomic E-state index is 9.50. The average Bonchev–Trinajstić information content (AvgIpc) is 2.61. The highest BCUT2D eigenvalue weighted by molar-refractivity contribution is 4.99. The summed E-state index contributed by atoms with van der Waals surface area (Å²) < 4.78 is 11.9. The van der Waals surface area contributed by atoms with Crippen molar-refractivity contribution in [3.05, 3.63) is 24.8 Å². The first-order valence-electron chi connectivity index (χ1n) is 7.09. The molecule has 0 bridgehead atoms. The van der Waals surface area contributed by atoms with Crippen LogP contribution in [0.15, 0.2) is 24.8 Å². The molecule has 0 aliphatic carbocycles.